The van der Waals surface area contributed by atoms with Crippen molar-refractivity contribution in [3.05, 3.63) is 47.0 Å². The topological polar surface area (TPSA) is 87.5 Å². The third kappa shape index (κ3) is 4.18. The number of aliphatic hydroxyl groups excluding tert-OH is 1. The molecule has 1 aliphatic heterocycles. The summed E-state index contributed by atoms with van der Waals surface area (Å²) in [7, 11) is 0. The molecule has 1 aromatic carbocycles. The van der Waals surface area contributed by atoms with Crippen LogP contribution in [0.1, 0.15) is 34.6 Å². The number of rotatable bonds is 5. The Kier molecular flexibility index (Phi) is 5.64. The van der Waals surface area contributed by atoms with Crippen LogP contribution in [0.4, 0.5) is 0 Å². The number of aryl methyl sites for hydroxylation is 1. The Balaban J connectivity index is 1.40. The zero-order valence-corrected chi connectivity index (χ0v) is 17.1. The summed E-state index contributed by atoms with van der Waals surface area (Å²) in [5.41, 5.74) is 1.83. The zero-order valence-electron chi connectivity index (χ0n) is 16.3. The van der Waals surface area contributed by atoms with Gasteiger partial charge in [0, 0.05) is 31.4 Å². The first-order valence-corrected chi connectivity index (χ1v) is 10.6. The van der Waals surface area contributed by atoms with Gasteiger partial charge in [-0.25, -0.2) is 4.68 Å². The SMILES string of the molecule is Cc1nn(-c2ccccc2)c2sc(C(=O)NCCC(=O)N3CCC(O)CC3)cc12. The summed E-state index contributed by atoms with van der Waals surface area (Å²) in [6.45, 7) is 3.40. The predicted molar refractivity (Wildman–Crippen MR) is 112 cm³/mol. The van der Waals surface area contributed by atoms with Crippen LogP contribution in [-0.4, -0.2) is 57.3 Å². The van der Waals surface area contributed by atoms with Crippen molar-refractivity contribution in [2.75, 3.05) is 19.6 Å². The van der Waals surface area contributed by atoms with Gasteiger partial charge in [-0.2, -0.15) is 5.10 Å². The number of hydrogen-bond acceptors (Lipinski definition) is 5. The Morgan fingerprint density at radius 2 is 1.97 bits per heavy atom. The van der Waals surface area contributed by atoms with E-state index >= 15 is 0 Å². The third-order valence-corrected chi connectivity index (χ3v) is 6.32. The molecule has 152 valence electrons. The van der Waals surface area contributed by atoms with E-state index in [1.165, 1.54) is 11.3 Å². The van der Waals surface area contributed by atoms with Crippen molar-refractivity contribution >= 4 is 33.4 Å². The predicted octanol–water partition coefficient (Wildman–Crippen LogP) is 2.50. The minimum atomic E-state index is -0.304. The minimum absolute atomic E-state index is 0.0177. The molecule has 0 bridgehead atoms. The monoisotopic (exact) mass is 412 g/mol. The van der Waals surface area contributed by atoms with Crippen molar-refractivity contribution in [3.63, 3.8) is 0 Å². The van der Waals surface area contributed by atoms with Gasteiger partial charge in [-0.3, -0.25) is 9.59 Å². The summed E-state index contributed by atoms with van der Waals surface area (Å²) < 4.78 is 1.86. The van der Waals surface area contributed by atoms with Gasteiger partial charge >= 0.3 is 0 Å². The fourth-order valence-corrected chi connectivity index (χ4v) is 4.65. The fraction of sp³-hybridized carbons (Fsp3) is 0.381. The highest BCUT2D eigenvalue weighted by molar-refractivity contribution is 7.20. The average molecular weight is 413 g/mol. The fourth-order valence-electron chi connectivity index (χ4n) is 3.55. The number of likely N-dealkylation sites (tertiary alicyclic amines) is 1. The maximum Gasteiger partial charge on any atom is 0.261 e. The molecule has 0 aliphatic carbocycles. The number of hydrogen-bond donors (Lipinski definition) is 2. The number of aliphatic hydroxyl groups is 1. The van der Waals surface area contributed by atoms with Crippen LogP contribution >= 0.6 is 11.3 Å². The van der Waals surface area contributed by atoms with Gasteiger partial charge < -0.3 is 15.3 Å². The number of aromatic nitrogens is 2. The van der Waals surface area contributed by atoms with E-state index in [1.807, 2.05) is 48.0 Å². The number of nitrogens with zero attached hydrogens (tertiary/aromatic N) is 3. The van der Waals surface area contributed by atoms with Gasteiger partial charge in [-0.1, -0.05) is 18.2 Å². The number of para-hydroxylation sites is 1. The Morgan fingerprint density at radius 1 is 1.24 bits per heavy atom. The number of carbonyl (C=O) groups is 2. The molecule has 3 heterocycles. The van der Waals surface area contributed by atoms with Crippen molar-refractivity contribution in [1.82, 2.24) is 20.0 Å². The van der Waals surface area contributed by atoms with Gasteiger partial charge in [0.1, 0.15) is 4.83 Å². The molecule has 0 saturated carbocycles. The molecule has 0 atom stereocenters. The molecule has 1 saturated heterocycles. The molecule has 0 unspecified atom stereocenters. The van der Waals surface area contributed by atoms with E-state index in [4.69, 9.17) is 0 Å². The van der Waals surface area contributed by atoms with E-state index in [0.717, 1.165) is 21.6 Å². The van der Waals surface area contributed by atoms with E-state index < -0.39 is 0 Å². The van der Waals surface area contributed by atoms with Crippen LogP contribution < -0.4 is 5.32 Å². The smallest absolute Gasteiger partial charge is 0.261 e. The van der Waals surface area contributed by atoms with E-state index in [2.05, 4.69) is 10.4 Å². The summed E-state index contributed by atoms with van der Waals surface area (Å²) in [5.74, 6) is -0.156. The largest absolute Gasteiger partial charge is 0.393 e. The van der Waals surface area contributed by atoms with Crippen LogP contribution in [0.25, 0.3) is 15.9 Å². The van der Waals surface area contributed by atoms with Crippen molar-refractivity contribution < 1.29 is 14.7 Å². The molecule has 29 heavy (non-hydrogen) atoms. The zero-order chi connectivity index (χ0) is 20.4. The summed E-state index contributed by atoms with van der Waals surface area (Å²) in [4.78, 5) is 28.1. The van der Waals surface area contributed by atoms with Gasteiger partial charge in [0.2, 0.25) is 5.91 Å². The lowest BCUT2D eigenvalue weighted by Gasteiger charge is -2.29. The highest BCUT2D eigenvalue weighted by Gasteiger charge is 2.21. The first kappa shape index (κ1) is 19.6. The molecular formula is C21H24N4O3S. The first-order chi connectivity index (χ1) is 14.0. The molecule has 0 radical (unpaired) electrons. The molecular weight excluding hydrogens is 388 g/mol. The van der Waals surface area contributed by atoms with Gasteiger partial charge in [-0.05, 0) is 38.0 Å². The molecule has 2 aromatic heterocycles. The molecule has 4 rings (SSSR count). The number of thiophene rings is 1. The molecule has 3 aromatic rings. The Morgan fingerprint density at radius 3 is 2.69 bits per heavy atom. The Hall–Kier alpha value is -2.71. The van der Waals surface area contributed by atoms with Crippen LogP contribution in [0.5, 0.6) is 0 Å². The normalized spacial score (nSPS) is 15.0. The molecule has 7 nitrogen and oxygen atoms in total. The number of benzene rings is 1. The van der Waals surface area contributed by atoms with E-state index in [1.54, 1.807) is 4.90 Å². The van der Waals surface area contributed by atoms with E-state index in [0.29, 0.717) is 37.4 Å². The van der Waals surface area contributed by atoms with E-state index in [9.17, 15) is 14.7 Å². The lowest BCUT2D eigenvalue weighted by molar-refractivity contribution is -0.133. The van der Waals surface area contributed by atoms with Gasteiger partial charge in [0.15, 0.2) is 0 Å². The molecule has 2 N–H and O–H groups in total. The maximum atomic E-state index is 12.6. The van der Waals surface area contributed by atoms with Crippen molar-refractivity contribution in [2.45, 2.75) is 32.3 Å². The standard InChI is InChI=1S/C21H24N4O3S/c1-14-17-13-18(29-21(17)25(23-14)15-5-3-2-4-6-15)20(28)22-10-7-19(27)24-11-8-16(26)9-12-24/h2-6,13,16,26H,7-12H2,1H3,(H,22,28). The lowest BCUT2D eigenvalue weighted by atomic mass is 10.1. The maximum absolute atomic E-state index is 12.6. The number of fused-ring (bicyclic) bond motifs is 1. The summed E-state index contributed by atoms with van der Waals surface area (Å²) in [6, 6.07) is 11.7. The summed E-state index contributed by atoms with van der Waals surface area (Å²) >= 11 is 1.40. The molecule has 1 fully saturated rings. The van der Waals surface area contributed by atoms with E-state index in [-0.39, 0.29) is 24.3 Å². The summed E-state index contributed by atoms with van der Waals surface area (Å²) in [5, 5.41) is 17.9. The number of nitrogens with one attached hydrogen (secondary N) is 1. The second kappa shape index (κ2) is 8.34. The van der Waals surface area contributed by atoms with Crippen LogP contribution in [0.15, 0.2) is 36.4 Å². The van der Waals surface area contributed by atoms with Crippen molar-refractivity contribution in [1.29, 1.82) is 0 Å². The second-order valence-corrected chi connectivity index (χ2v) is 8.31. The number of amides is 2. The van der Waals surface area contributed by atoms with Gasteiger partial charge in [0.25, 0.3) is 5.91 Å². The van der Waals surface area contributed by atoms with Gasteiger partial charge in [0.05, 0.1) is 22.4 Å². The quantitative estimate of drug-likeness (QED) is 0.674. The molecule has 2 amide bonds. The number of carbonyl (C=O) groups excluding carboxylic acids is 2. The molecule has 0 spiro atoms. The second-order valence-electron chi connectivity index (χ2n) is 7.28. The van der Waals surface area contributed by atoms with Gasteiger partial charge in [-0.15, -0.1) is 11.3 Å². The van der Waals surface area contributed by atoms with Crippen LogP contribution in [0.3, 0.4) is 0 Å². The third-order valence-electron chi connectivity index (χ3n) is 5.21. The Bertz CT molecular complexity index is 1020. The van der Waals surface area contributed by atoms with Crippen LogP contribution in [-0.2, 0) is 4.79 Å². The summed E-state index contributed by atoms with van der Waals surface area (Å²) in [6.07, 6.45) is 1.21. The lowest BCUT2D eigenvalue weighted by Crippen LogP contribution is -2.41. The number of piperidine rings is 1. The highest BCUT2D eigenvalue weighted by atomic mass is 32.1. The molecule has 1 aliphatic rings. The first-order valence-electron chi connectivity index (χ1n) is 9.81. The Labute approximate surface area is 172 Å². The van der Waals surface area contributed by atoms with Crippen LogP contribution in [0.2, 0.25) is 0 Å². The molecule has 8 heteroatoms. The van der Waals surface area contributed by atoms with Crippen molar-refractivity contribution in [3.8, 4) is 5.69 Å². The minimum Gasteiger partial charge on any atom is -0.393 e. The average Bonchev–Trinajstić information content (AvgIpc) is 3.30. The van der Waals surface area contributed by atoms with Crippen LogP contribution in [0, 0.1) is 6.92 Å². The highest BCUT2D eigenvalue weighted by Crippen LogP contribution is 2.30. The van der Waals surface area contributed by atoms with Crippen molar-refractivity contribution in [2.24, 2.45) is 0 Å².